The quantitative estimate of drug-likeness (QED) is 0.0640. The fourth-order valence-corrected chi connectivity index (χ4v) is 7.71. The van der Waals surface area contributed by atoms with E-state index in [1.165, 1.54) is 63.6 Å². The predicted molar refractivity (Wildman–Crippen MR) is 222 cm³/mol. The lowest BCUT2D eigenvalue weighted by molar-refractivity contribution is -0.325. The zero-order chi connectivity index (χ0) is 48.4. The van der Waals surface area contributed by atoms with E-state index in [1.54, 1.807) is 12.1 Å². The van der Waals surface area contributed by atoms with Crippen LogP contribution in [0.15, 0.2) is 60.4 Å². The van der Waals surface area contributed by atoms with E-state index in [4.69, 9.17) is 47.4 Å². The molecule has 4 aliphatic heterocycles. The lowest BCUT2D eigenvalue weighted by atomic mass is 9.97. The van der Waals surface area contributed by atoms with Crippen molar-refractivity contribution in [1.29, 1.82) is 0 Å². The highest BCUT2D eigenvalue weighted by atomic mass is 16.7. The van der Waals surface area contributed by atoms with Crippen LogP contribution in [-0.2, 0) is 33.2 Å². The Bertz CT molecular complexity index is 2230. The summed E-state index contributed by atoms with van der Waals surface area (Å²) in [5.41, 5.74) is 0.747. The van der Waals surface area contributed by atoms with E-state index in [-0.39, 0.29) is 51.4 Å². The Kier molecular flexibility index (Phi) is 15.3. The van der Waals surface area contributed by atoms with Gasteiger partial charge in [-0.05, 0) is 48.9 Å². The summed E-state index contributed by atoms with van der Waals surface area (Å²) < 4.78 is 57.3. The number of aromatic hydroxyl groups is 3. The molecule has 0 spiro atoms. The number of ether oxygens (including phenoxy) is 10. The van der Waals surface area contributed by atoms with Crippen LogP contribution in [0, 0.1) is 0 Å². The van der Waals surface area contributed by atoms with Crippen LogP contribution < -0.4 is 18.9 Å². The number of phenolic OH excluding ortho intramolecular Hbond substituents is 3. The van der Waals surface area contributed by atoms with Gasteiger partial charge in [-0.2, -0.15) is 0 Å². The molecule has 4 heterocycles. The van der Waals surface area contributed by atoms with E-state index >= 15 is 0 Å². The van der Waals surface area contributed by atoms with Gasteiger partial charge < -0.3 is 109 Å². The molecule has 12 N–H and O–H groups in total. The molecule has 0 amide bonds. The number of methoxy groups -OCH3 is 2. The molecule has 0 aliphatic carbocycles. The van der Waals surface area contributed by atoms with Crippen LogP contribution in [0.1, 0.15) is 29.7 Å². The molecular formula is C44H52O23. The molecule has 0 saturated carbocycles. The number of aliphatic hydroxyl groups excluding tert-OH is 9. The molecule has 0 radical (unpaired) electrons. The number of aliphatic hydroxyl groups is 9. The molecule has 67 heavy (non-hydrogen) atoms. The summed E-state index contributed by atoms with van der Waals surface area (Å²) >= 11 is 0. The average molecular weight is 949 g/mol. The maximum atomic E-state index is 12.6. The molecule has 16 atom stereocenters. The molecule has 4 aliphatic rings. The molecule has 366 valence electrons. The molecular weight excluding hydrogens is 896 g/mol. The second-order valence-electron chi connectivity index (χ2n) is 16.0. The first-order valence-corrected chi connectivity index (χ1v) is 20.8. The van der Waals surface area contributed by atoms with Gasteiger partial charge >= 0.3 is 5.97 Å². The summed E-state index contributed by atoms with van der Waals surface area (Å²) in [6.07, 6.45) is -22.8. The number of phenols is 3. The van der Waals surface area contributed by atoms with Crippen molar-refractivity contribution in [3.63, 3.8) is 0 Å². The van der Waals surface area contributed by atoms with Crippen molar-refractivity contribution >= 4 is 18.1 Å². The minimum absolute atomic E-state index is 0.00190. The molecule has 7 rings (SSSR count). The summed E-state index contributed by atoms with van der Waals surface area (Å²) in [4.78, 5) is 12.6. The van der Waals surface area contributed by atoms with Crippen molar-refractivity contribution in [2.45, 2.75) is 105 Å². The Hall–Kier alpha value is -5.51. The van der Waals surface area contributed by atoms with E-state index < -0.39 is 123 Å². The minimum Gasteiger partial charge on any atom is -0.508 e. The number of hydrogen-bond donors (Lipinski definition) is 12. The van der Waals surface area contributed by atoms with Gasteiger partial charge in [0.25, 0.3) is 0 Å². The Morgan fingerprint density at radius 3 is 1.90 bits per heavy atom. The summed E-state index contributed by atoms with van der Waals surface area (Å²) in [7, 11) is 2.55. The summed E-state index contributed by atoms with van der Waals surface area (Å²) in [5.74, 6) is -2.36. The van der Waals surface area contributed by atoms with Crippen LogP contribution in [0.5, 0.6) is 40.2 Å². The second kappa shape index (κ2) is 20.8. The van der Waals surface area contributed by atoms with Crippen molar-refractivity contribution in [1.82, 2.24) is 0 Å². The molecule has 23 heteroatoms. The standard InChI is InChI=1S/C44H52O23/c1-17-40(67-30(48)9-6-18-4-7-20(46)8-5-18)36(54)39(57)42(61-17)60-16-29-33(51)35(53)38(56)44(66-29)64-27-14-22-23(62-41(27)19-10-25(58-2)31(49)26(11-19)59-3)12-21(47)13-24(22)63-43-37(55)34(52)32(50)28(15-45)65-43/h4-14,17,28-29,32-47,49-57H,15-16H2,1-3H3/b9-6+/t17-,28-,29+,32-,33-,34-,35+,36+,37-,38+,39+,40-,41?,42+,43+,44+/m0/s1. The minimum atomic E-state index is -1.97. The van der Waals surface area contributed by atoms with E-state index in [0.29, 0.717) is 5.56 Å². The van der Waals surface area contributed by atoms with Gasteiger partial charge in [0.2, 0.25) is 18.3 Å². The smallest absolute Gasteiger partial charge is 0.331 e. The van der Waals surface area contributed by atoms with Gasteiger partial charge in [0, 0.05) is 23.8 Å². The second-order valence-corrected chi connectivity index (χ2v) is 16.0. The highest BCUT2D eigenvalue weighted by molar-refractivity contribution is 5.87. The normalized spacial score (nSPS) is 34.1. The van der Waals surface area contributed by atoms with Crippen molar-refractivity contribution < 1.29 is 113 Å². The molecule has 3 saturated heterocycles. The van der Waals surface area contributed by atoms with Crippen LogP contribution in [0.25, 0.3) is 12.2 Å². The first kappa shape index (κ1) is 49.4. The van der Waals surface area contributed by atoms with Gasteiger partial charge in [-0.15, -0.1) is 0 Å². The van der Waals surface area contributed by atoms with Gasteiger partial charge in [0.1, 0.15) is 89.8 Å². The van der Waals surface area contributed by atoms with Crippen LogP contribution in [0.2, 0.25) is 0 Å². The number of hydrogen-bond acceptors (Lipinski definition) is 23. The van der Waals surface area contributed by atoms with E-state index in [2.05, 4.69) is 0 Å². The molecule has 3 aromatic carbocycles. The van der Waals surface area contributed by atoms with E-state index in [9.17, 15) is 66.1 Å². The zero-order valence-electron chi connectivity index (χ0n) is 35.9. The topological polar surface area (TPSA) is 352 Å². The fourth-order valence-electron chi connectivity index (χ4n) is 7.71. The predicted octanol–water partition coefficient (Wildman–Crippen LogP) is -1.59. The largest absolute Gasteiger partial charge is 0.508 e. The monoisotopic (exact) mass is 948 g/mol. The number of rotatable bonds is 14. The Morgan fingerprint density at radius 1 is 0.672 bits per heavy atom. The third-order valence-corrected chi connectivity index (χ3v) is 11.5. The van der Waals surface area contributed by atoms with Gasteiger partial charge in [0.15, 0.2) is 30.0 Å². The van der Waals surface area contributed by atoms with Crippen LogP contribution in [-0.4, -0.2) is 187 Å². The molecule has 3 aromatic rings. The van der Waals surface area contributed by atoms with Gasteiger partial charge in [-0.1, -0.05) is 12.1 Å². The molecule has 0 aromatic heterocycles. The highest BCUT2D eigenvalue weighted by Crippen LogP contribution is 2.48. The summed E-state index contributed by atoms with van der Waals surface area (Å²) in [5, 5.41) is 127. The zero-order valence-corrected chi connectivity index (χ0v) is 35.9. The lowest BCUT2D eigenvalue weighted by Crippen LogP contribution is -2.61. The van der Waals surface area contributed by atoms with E-state index in [0.717, 1.165) is 12.1 Å². The number of benzene rings is 3. The van der Waals surface area contributed by atoms with Crippen molar-refractivity contribution in [3.8, 4) is 40.2 Å². The Morgan fingerprint density at radius 2 is 1.27 bits per heavy atom. The fraction of sp³-hybridized carbons (Fsp3) is 0.477. The van der Waals surface area contributed by atoms with Crippen LogP contribution >= 0.6 is 0 Å². The van der Waals surface area contributed by atoms with Gasteiger partial charge in [0.05, 0.1) is 39.1 Å². The Labute approximate surface area is 380 Å². The number of fused-ring (bicyclic) bond motifs is 1. The van der Waals surface area contributed by atoms with Crippen LogP contribution in [0.4, 0.5) is 0 Å². The third-order valence-electron chi connectivity index (χ3n) is 11.5. The molecule has 3 fully saturated rings. The lowest BCUT2D eigenvalue weighted by Gasteiger charge is -2.43. The summed E-state index contributed by atoms with van der Waals surface area (Å²) in [6, 6.07) is 10.9. The first-order valence-electron chi connectivity index (χ1n) is 20.8. The number of carbonyl (C=O) groups is 1. The van der Waals surface area contributed by atoms with Crippen molar-refractivity contribution in [3.05, 3.63) is 77.1 Å². The van der Waals surface area contributed by atoms with Crippen LogP contribution in [0.3, 0.4) is 0 Å². The first-order chi connectivity index (χ1) is 31.9. The maximum Gasteiger partial charge on any atom is 0.331 e. The SMILES string of the molecule is COc1cc(C2Oc3cc(O)cc(O[C@@H]4O[C@@H](CO)[C@H](O)[C@H](O)[C@@H]4O)c3C=C2O[C@@H]2O[C@H](CO[C@@H]3O[C@@H](C)[C@H](OC(=O)/C=C/c4ccc(O)cc4)[C@H](O)[C@H]3O)[C@H](O)[C@@H](O)[C@H]2O)cc(OC)c1O. The highest BCUT2D eigenvalue weighted by Gasteiger charge is 2.50. The average Bonchev–Trinajstić information content (AvgIpc) is 3.31. The molecule has 0 bridgehead atoms. The van der Waals surface area contributed by atoms with Gasteiger partial charge in [-0.25, -0.2) is 4.79 Å². The van der Waals surface area contributed by atoms with Gasteiger partial charge in [-0.3, -0.25) is 0 Å². The third kappa shape index (κ3) is 10.5. The maximum absolute atomic E-state index is 12.6. The molecule has 1 unspecified atom stereocenters. The van der Waals surface area contributed by atoms with E-state index in [1.807, 2.05) is 0 Å². The Balaban J connectivity index is 1.12. The van der Waals surface area contributed by atoms with Crippen molar-refractivity contribution in [2.75, 3.05) is 27.4 Å². The number of esters is 1. The van der Waals surface area contributed by atoms with Crippen molar-refractivity contribution in [2.24, 2.45) is 0 Å². The number of carbonyl (C=O) groups excluding carboxylic acids is 1. The summed E-state index contributed by atoms with van der Waals surface area (Å²) in [6.45, 7) is 0.0197. The molecule has 23 nitrogen and oxygen atoms in total.